The lowest BCUT2D eigenvalue weighted by Crippen LogP contribution is -2.32. The van der Waals surface area contributed by atoms with Crippen LogP contribution in [0.25, 0.3) is 11.0 Å². The molecule has 0 aliphatic heterocycles. The molecule has 0 bridgehead atoms. The number of Topliss-reactive ketones (excluding diaryl/α,β-unsaturated/α-hetero) is 1. The second-order valence-corrected chi connectivity index (χ2v) is 4.98. The summed E-state index contributed by atoms with van der Waals surface area (Å²) in [6.45, 7) is 4.06. The highest BCUT2D eigenvalue weighted by Gasteiger charge is 2.27. The van der Waals surface area contributed by atoms with Gasteiger partial charge in [0.05, 0.1) is 17.4 Å². The second kappa shape index (κ2) is 3.96. The zero-order chi connectivity index (χ0) is 12.6. The van der Waals surface area contributed by atoms with Gasteiger partial charge < -0.3 is 10.3 Å². The number of imidazole rings is 1. The Hall–Kier alpha value is -1.68. The first kappa shape index (κ1) is 11.8. The van der Waals surface area contributed by atoms with Gasteiger partial charge >= 0.3 is 0 Å². The average molecular weight is 231 g/mol. The van der Waals surface area contributed by atoms with Gasteiger partial charge in [0.25, 0.3) is 0 Å². The summed E-state index contributed by atoms with van der Waals surface area (Å²) in [6.07, 6.45) is 1.74. The number of carbonyl (C=O) groups excluding carboxylic acids is 1. The Bertz CT molecular complexity index is 569. The van der Waals surface area contributed by atoms with Crippen LogP contribution in [0.1, 0.15) is 24.2 Å². The molecule has 1 aromatic heterocycles. The van der Waals surface area contributed by atoms with E-state index in [0.29, 0.717) is 12.1 Å². The Kier molecular flexibility index (Phi) is 2.75. The van der Waals surface area contributed by atoms with E-state index in [1.165, 1.54) is 0 Å². The van der Waals surface area contributed by atoms with Crippen LogP contribution in [0.2, 0.25) is 0 Å². The van der Waals surface area contributed by atoms with E-state index in [-0.39, 0.29) is 5.78 Å². The zero-order valence-corrected chi connectivity index (χ0v) is 10.4. The van der Waals surface area contributed by atoms with Gasteiger partial charge in [-0.2, -0.15) is 0 Å². The van der Waals surface area contributed by atoms with Crippen molar-refractivity contribution in [2.45, 2.75) is 13.8 Å². The van der Waals surface area contributed by atoms with Gasteiger partial charge in [-0.15, -0.1) is 0 Å². The highest BCUT2D eigenvalue weighted by atomic mass is 16.1. The van der Waals surface area contributed by atoms with Crippen LogP contribution in [-0.2, 0) is 7.05 Å². The van der Waals surface area contributed by atoms with Gasteiger partial charge in [-0.05, 0) is 18.2 Å². The molecule has 17 heavy (non-hydrogen) atoms. The van der Waals surface area contributed by atoms with Crippen LogP contribution >= 0.6 is 0 Å². The van der Waals surface area contributed by atoms with E-state index in [1.807, 2.05) is 43.7 Å². The maximum atomic E-state index is 12.2. The molecule has 1 heterocycles. The number of aromatic nitrogens is 2. The van der Waals surface area contributed by atoms with Crippen molar-refractivity contribution in [3.63, 3.8) is 0 Å². The normalized spacial score (nSPS) is 12.0. The maximum absolute atomic E-state index is 12.2. The van der Waals surface area contributed by atoms with E-state index in [2.05, 4.69) is 4.98 Å². The number of rotatable bonds is 3. The fourth-order valence-electron chi connectivity index (χ4n) is 1.76. The lowest BCUT2D eigenvalue weighted by atomic mass is 9.84. The number of carbonyl (C=O) groups is 1. The quantitative estimate of drug-likeness (QED) is 0.818. The predicted molar refractivity (Wildman–Crippen MR) is 67.9 cm³/mol. The number of benzene rings is 1. The highest BCUT2D eigenvalue weighted by Crippen LogP contribution is 2.22. The van der Waals surface area contributed by atoms with Crippen LogP contribution in [-0.4, -0.2) is 21.9 Å². The third kappa shape index (κ3) is 1.96. The number of aryl methyl sites for hydroxylation is 1. The molecule has 1 aromatic carbocycles. The molecule has 2 aromatic rings. The molecule has 0 radical (unpaired) electrons. The summed E-state index contributed by atoms with van der Waals surface area (Å²) in [4.78, 5) is 16.5. The number of nitrogens with two attached hydrogens (primary N) is 1. The van der Waals surface area contributed by atoms with Gasteiger partial charge in [0.1, 0.15) is 0 Å². The molecular weight excluding hydrogens is 214 g/mol. The van der Waals surface area contributed by atoms with Gasteiger partial charge in [-0.3, -0.25) is 4.79 Å². The van der Waals surface area contributed by atoms with Crippen LogP contribution in [0, 0.1) is 5.41 Å². The maximum Gasteiger partial charge on any atom is 0.169 e. The molecule has 90 valence electrons. The summed E-state index contributed by atoms with van der Waals surface area (Å²) in [6, 6.07) is 5.58. The Morgan fingerprint density at radius 2 is 2.18 bits per heavy atom. The summed E-state index contributed by atoms with van der Waals surface area (Å²) in [5, 5.41) is 0. The standard InChI is InChI=1S/C13H17N3O/c1-13(2,7-14)12(17)9-4-5-11-10(6-9)15-8-16(11)3/h4-6,8H,7,14H2,1-3H3. The average Bonchev–Trinajstić information content (AvgIpc) is 2.69. The predicted octanol–water partition coefficient (Wildman–Crippen LogP) is 1.74. The van der Waals surface area contributed by atoms with Crippen molar-refractivity contribution < 1.29 is 4.79 Å². The van der Waals surface area contributed by atoms with Crippen molar-refractivity contribution in [2.75, 3.05) is 6.54 Å². The number of fused-ring (bicyclic) bond motifs is 1. The number of nitrogens with zero attached hydrogens (tertiary/aromatic N) is 2. The van der Waals surface area contributed by atoms with E-state index in [9.17, 15) is 4.79 Å². The molecule has 4 nitrogen and oxygen atoms in total. The summed E-state index contributed by atoms with van der Waals surface area (Å²) in [5.41, 5.74) is 7.63. The van der Waals surface area contributed by atoms with Crippen LogP contribution in [0.5, 0.6) is 0 Å². The van der Waals surface area contributed by atoms with E-state index in [1.54, 1.807) is 6.33 Å². The molecule has 0 atom stereocenters. The first-order valence-corrected chi connectivity index (χ1v) is 5.61. The molecule has 0 spiro atoms. The Morgan fingerprint density at radius 1 is 1.47 bits per heavy atom. The molecule has 0 fully saturated rings. The summed E-state index contributed by atoms with van der Waals surface area (Å²) < 4.78 is 1.93. The molecule has 0 unspecified atom stereocenters. The Balaban J connectivity index is 2.47. The minimum absolute atomic E-state index is 0.0625. The molecule has 0 saturated carbocycles. The minimum atomic E-state index is -0.525. The molecule has 4 heteroatoms. The summed E-state index contributed by atoms with van der Waals surface area (Å²) in [5.74, 6) is 0.0625. The largest absolute Gasteiger partial charge is 0.334 e. The number of ketones is 1. The van der Waals surface area contributed by atoms with E-state index < -0.39 is 5.41 Å². The Morgan fingerprint density at radius 3 is 2.82 bits per heavy atom. The third-order valence-corrected chi connectivity index (χ3v) is 3.11. The van der Waals surface area contributed by atoms with E-state index >= 15 is 0 Å². The van der Waals surface area contributed by atoms with E-state index in [4.69, 9.17) is 5.73 Å². The van der Waals surface area contributed by atoms with Crippen molar-refractivity contribution >= 4 is 16.8 Å². The fraction of sp³-hybridized carbons (Fsp3) is 0.385. The van der Waals surface area contributed by atoms with Crippen LogP contribution in [0.15, 0.2) is 24.5 Å². The monoisotopic (exact) mass is 231 g/mol. The highest BCUT2D eigenvalue weighted by molar-refractivity contribution is 6.02. The van der Waals surface area contributed by atoms with Crippen LogP contribution < -0.4 is 5.73 Å². The van der Waals surface area contributed by atoms with Gasteiger partial charge in [0.2, 0.25) is 0 Å². The smallest absolute Gasteiger partial charge is 0.169 e. The van der Waals surface area contributed by atoms with E-state index in [0.717, 1.165) is 11.0 Å². The van der Waals surface area contributed by atoms with Gasteiger partial charge in [-0.1, -0.05) is 13.8 Å². The van der Waals surface area contributed by atoms with Crippen molar-refractivity contribution in [3.8, 4) is 0 Å². The van der Waals surface area contributed by atoms with Gasteiger partial charge in [0.15, 0.2) is 5.78 Å². The van der Waals surface area contributed by atoms with Crippen molar-refractivity contribution in [1.29, 1.82) is 0 Å². The second-order valence-electron chi connectivity index (χ2n) is 4.98. The molecular formula is C13H17N3O. The van der Waals surface area contributed by atoms with Gasteiger partial charge in [0, 0.05) is 24.6 Å². The Labute approximate surface area is 100 Å². The molecule has 0 saturated heterocycles. The van der Waals surface area contributed by atoms with Crippen molar-refractivity contribution in [2.24, 2.45) is 18.2 Å². The van der Waals surface area contributed by atoms with Crippen molar-refractivity contribution in [1.82, 2.24) is 9.55 Å². The van der Waals surface area contributed by atoms with Crippen LogP contribution in [0.4, 0.5) is 0 Å². The summed E-state index contributed by atoms with van der Waals surface area (Å²) in [7, 11) is 1.93. The summed E-state index contributed by atoms with van der Waals surface area (Å²) >= 11 is 0. The van der Waals surface area contributed by atoms with Gasteiger partial charge in [-0.25, -0.2) is 4.98 Å². The minimum Gasteiger partial charge on any atom is -0.334 e. The SMILES string of the molecule is Cn1cnc2cc(C(=O)C(C)(C)CN)ccc21. The lowest BCUT2D eigenvalue weighted by molar-refractivity contribution is 0.0847. The third-order valence-electron chi connectivity index (χ3n) is 3.11. The molecule has 2 N–H and O–H groups in total. The van der Waals surface area contributed by atoms with Crippen molar-refractivity contribution in [3.05, 3.63) is 30.1 Å². The molecule has 0 aliphatic rings. The first-order valence-electron chi connectivity index (χ1n) is 5.61. The molecule has 0 aliphatic carbocycles. The molecule has 0 amide bonds. The first-order chi connectivity index (χ1) is 7.95. The fourth-order valence-corrected chi connectivity index (χ4v) is 1.76. The van der Waals surface area contributed by atoms with Crippen LogP contribution in [0.3, 0.4) is 0 Å². The number of hydrogen-bond donors (Lipinski definition) is 1. The lowest BCUT2D eigenvalue weighted by Gasteiger charge is -2.20. The number of hydrogen-bond acceptors (Lipinski definition) is 3. The zero-order valence-electron chi connectivity index (χ0n) is 10.4. The topological polar surface area (TPSA) is 60.9 Å². The molecule has 2 rings (SSSR count).